The highest BCUT2D eigenvalue weighted by Crippen LogP contribution is 2.47. The average molecular weight is 392 g/mol. The minimum atomic E-state index is -0.252. The lowest BCUT2D eigenvalue weighted by Gasteiger charge is -2.15. The van der Waals surface area contributed by atoms with E-state index >= 15 is 0 Å². The molecule has 3 aromatic heterocycles. The molecule has 0 spiro atoms. The van der Waals surface area contributed by atoms with Gasteiger partial charge in [0.1, 0.15) is 11.5 Å². The van der Waals surface area contributed by atoms with Gasteiger partial charge >= 0.3 is 0 Å². The summed E-state index contributed by atoms with van der Waals surface area (Å²) in [6, 6.07) is 15.9. The smallest absolute Gasteiger partial charge is 0.270 e. The molecule has 0 saturated heterocycles. The van der Waals surface area contributed by atoms with Crippen LogP contribution in [-0.2, 0) is 0 Å². The van der Waals surface area contributed by atoms with Gasteiger partial charge in [0.2, 0.25) is 0 Å². The highest BCUT2D eigenvalue weighted by atomic mass is 16.2. The number of nitrogens with one attached hydrogen (secondary N) is 3. The normalized spacial score (nSPS) is 14.5. The zero-order valence-electron chi connectivity index (χ0n) is 15.8. The van der Waals surface area contributed by atoms with Crippen molar-refractivity contribution in [3.8, 4) is 22.5 Å². The second kappa shape index (κ2) is 6.38. The maximum absolute atomic E-state index is 12.7. The summed E-state index contributed by atoms with van der Waals surface area (Å²) < 4.78 is 0. The number of rotatable bonds is 3. The van der Waals surface area contributed by atoms with Gasteiger partial charge in [0.05, 0.1) is 35.8 Å². The molecule has 0 fully saturated rings. The second-order valence-electron chi connectivity index (χ2n) is 7.21. The van der Waals surface area contributed by atoms with Gasteiger partial charge in [-0.3, -0.25) is 9.78 Å². The van der Waals surface area contributed by atoms with Gasteiger partial charge in [-0.05, 0) is 28.3 Å². The molecule has 7 heteroatoms. The molecule has 0 aliphatic heterocycles. The first-order chi connectivity index (χ1) is 14.8. The lowest BCUT2D eigenvalue weighted by atomic mass is 9.99. The van der Waals surface area contributed by atoms with Crippen LogP contribution in [0, 0.1) is 0 Å². The Balaban J connectivity index is 1.51. The summed E-state index contributed by atoms with van der Waals surface area (Å²) in [6.45, 7) is 0. The molecule has 7 nitrogen and oxygen atoms in total. The van der Waals surface area contributed by atoms with Crippen LogP contribution in [0.2, 0.25) is 0 Å². The Bertz CT molecular complexity index is 1370. The van der Waals surface area contributed by atoms with E-state index < -0.39 is 0 Å². The number of nitrogens with zero attached hydrogens (tertiary/aromatic N) is 3. The SMILES string of the molecule is O=C(NC1c2ccccc2-c2c(-c3nc4ccncc4[nH]3)cccc21)c1cnc[nH]1. The van der Waals surface area contributed by atoms with Crippen molar-refractivity contribution in [3.05, 3.63) is 90.3 Å². The predicted molar refractivity (Wildman–Crippen MR) is 113 cm³/mol. The molecule has 3 N–H and O–H groups in total. The monoisotopic (exact) mass is 392 g/mol. The molecule has 6 rings (SSSR count). The first-order valence-electron chi connectivity index (χ1n) is 9.61. The van der Waals surface area contributed by atoms with Crippen molar-refractivity contribution in [1.29, 1.82) is 0 Å². The van der Waals surface area contributed by atoms with Crippen molar-refractivity contribution in [2.24, 2.45) is 0 Å². The third-order valence-corrected chi connectivity index (χ3v) is 5.51. The van der Waals surface area contributed by atoms with Crippen molar-refractivity contribution in [2.45, 2.75) is 6.04 Å². The third kappa shape index (κ3) is 2.45. The number of hydrogen-bond donors (Lipinski definition) is 3. The summed E-state index contributed by atoms with van der Waals surface area (Å²) in [5.74, 6) is 0.588. The summed E-state index contributed by atoms with van der Waals surface area (Å²) in [5, 5.41) is 3.15. The molecule has 1 aliphatic rings. The van der Waals surface area contributed by atoms with Gasteiger partial charge in [-0.15, -0.1) is 0 Å². The number of carbonyl (C=O) groups excluding carboxylic acids is 1. The number of benzene rings is 2. The van der Waals surface area contributed by atoms with Crippen LogP contribution in [-0.4, -0.2) is 30.8 Å². The number of fused-ring (bicyclic) bond motifs is 4. The van der Waals surface area contributed by atoms with Crippen LogP contribution in [0.1, 0.15) is 27.7 Å². The minimum Gasteiger partial charge on any atom is -0.341 e. The first-order valence-corrected chi connectivity index (χ1v) is 9.61. The molecule has 1 amide bonds. The summed E-state index contributed by atoms with van der Waals surface area (Å²) in [7, 11) is 0. The fourth-order valence-corrected chi connectivity index (χ4v) is 4.18. The largest absolute Gasteiger partial charge is 0.341 e. The van der Waals surface area contributed by atoms with E-state index in [0.717, 1.165) is 44.7 Å². The van der Waals surface area contributed by atoms with E-state index in [-0.39, 0.29) is 11.9 Å². The standard InChI is InChI=1S/C23H16N6O/c30-23(19-11-25-12-26-19)29-21-14-5-2-1-4-13(14)20-15(21)6-3-7-16(20)22-27-17-8-9-24-10-18(17)28-22/h1-12,21H,(H,25,26)(H,27,28)(H,29,30). The van der Waals surface area contributed by atoms with E-state index in [1.807, 2.05) is 24.3 Å². The maximum atomic E-state index is 12.7. The highest BCUT2D eigenvalue weighted by Gasteiger charge is 2.32. The Kier molecular flexibility index (Phi) is 3.55. The summed E-state index contributed by atoms with van der Waals surface area (Å²) in [5.41, 5.74) is 7.46. The molecule has 5 aromatic rings. The zero-order valence-corrected chi connectivity index (χ0v) is 15.8. The van der Waals surface area contributed by atoms with Gasteiger partial charge in [0, 0.05) is 11.8 Å². The summed E-state index contributed by atoms with van der Waals surface area (Å²) in [4.78, 5) is 31.9. The Hall–Kier alpha value is -4.26. The van der Waals surface area contributed by atoms with Crippen molar-refractivity contribution in [3.63, 3.8) is 0 Å². The van der Waals surface area contributed by atoms with E-state index in [1.54, 1.807) is 12.4 Å². The van der Waals surface area contributed by atoms with E-state index in [1.165, 1.54) is 12.5 Å². The van der Waals surface area contributed by atoms with Gasteiger partial charge in [-0.25, -0.2) is 9.97 Å². The van der Waals surface area contributed by atoms with Crippen molar-refractivity contribution < 1.29 is 4.79 Å². The molecule has 30 heavy (non-hydrogen) atoms. The Morgan fingerprint density at radius 1 is 0.933 bits per heavy atom. The topological polar surface area (TPSA) is 99.3 Å². The Labute approximate surface area is 171 Å². The van der Waals surface area contributed by atoms with Gasteiger partial charge in [0.15, 0.2) is 0 Å². The van der Waals surface area contributed by atoms with Crippen LogP contribution in [0.3, 0.4) is 0 Å². The molecule has 0 bridgehead atoms. The van der Waals surface area contributed by atoms with E-state index in [9.17, 15) is 4.79 Å². The maximum Gasteiger partial charge on any atom is 0.270 e. The van der Waals surface area contributed by atoms with Gasteiger partial charge in [0.25, 0.3) is 5.91 Å². The van der Waals surface area contributed by atoms with E-state index in [2.05, 4.69) is 49.5 Å². The van der Waals surface area contributed by atoms with Crippen molar-refractivity contribution >= 4 is 16.9 Å². The molecular weight excluding hydrogens is 376 g/mol. The summed E-state index contributed by atoms with van der Waals surface area (Å²) in [6.07, 6.45) is 6.53. The third-order valence-electron chi connectivity index (χ3n) is 5.51. The fourth-order valence-electron chi connectivity index (χ4n) is 4.18. The minimum absolute atomic E-state index is 0.194. The number of imidazole rings is 2. The second-order valence-corrected chi connectivity index (χ2v) is 7.21. The zero-order chi connectivity index (χ0) is 20.1. The van der Waals surface area contributed by atoms with Crippen LogP contribution < -0.4 is 5.32 Å². The Morgan fingerprint density at radius 2 is 1.80 bits per heavy atom. The molecule has 0 radical (unpaired) electrons. The Morgan fingerprint density at radius 3 is 2.67 bits per heavy atom. The molecular formula is C23H16N6O. The quantitative estimate of drug-likeness (QED) is 0.434. The van der Waals surface area contributed by atoms with E-state index in [0.29, 0.717) is 5.69 Å². The van der Waals surface area contributed by atoms with Crippen LogP contribution in [0.4, 0.5) is 0 Å². The molecule has 1 aliphatic carbocycles. The van der Waals surface area contributed by atoms with Crippen molar-refractivity contribution in [2.75, 3.05) is 0 Å². The van der Waals surface area contributed by atoms with Gasteiger partial charge in [-0.2, -0.15) is 0 Å². The van der Waals surface area contributed by atoms with Crippen LogP contribution in [0.5, 0.6) is 0 Å². The lowest BCUT2D eigenvalue weighted by Crippen LogP contribution is -2.28. The van der Waals surface area contributed by atoms with Crippen LogP contribution in [0.25, 0.3) is 33.5 Å². The molecule has 1 unspecified atom stereocenters. The van der Waals surface area contributed by atoms with Crippen LogP contribution >= 0.6 is 0 Å². The molecule has 0 saturated carbocycles. The number of aromatic nitrogens is 5. The fraction of sp³-hybridized carbons (Fsp3) is 0.0435. The number of amides is 1. The molecule has 2 aromatic carbocycles. The first kappa shape index (κ1) is 16.7. The number of aromatic amines is 2. The molecule has 3 heterocycles. The van der Waals surface area contributed by atoms with E-state index in [4.69, 9.17) is 4.98 Å². The average Bonchev–Trinajstić information content (AvgIpc) is 3.52. The summed E-state index contributed by atoms with van der Waals surface area (Å²) >= 11 is 0. The van der Waals surface area contributed by atoms with Crippen molar-refractivity contribution in [1.82, 2.24) is 30.2 Å². The van der Waals surface area contributed by atoms with Crippen LogP contribution in [0.15, 0.2) is 73.4 Å². The predicted octanol–water partition coefficient (Wildman–Crippen LogP) is 3.85. The number of H-pyrrole nitrogens is 2. The molecule has 144 valence electrons. The number of hydrogen-bond acceptors (Lipinski definition) is 4. The highest BCUT2D eigenvalue weighted by molar-refractivity contribution is 5.96. The van der Waals surface area contributed by atoms with Gasteiger partial charge in [-0.1, -0.05) is 42.5 Å². The molecule has 1 atom stereocenters. The number of pyridine rings is 1. The van der Waals surface area contributed by atoms with Gasteiger partial charge < -0.3 is 15.3 Å². The lowest BCUT2D eigenvalue weighted by molar-refractivity contribution is 0.0939. The number of carbonyl (C=O) groups is 1.